The number of aliphatic hydroxyl groups is 1. The molecule has 1 fully saturated rings. The summed E-state index contributed by atoms with van der Waals surface area (Å²) in [6.07, 6.45) is 4.75. The summed E-state index contributed by atoms with van der Waals surface area (Å²) in [6, 6.07) is 18.1. The number of pyridine rings is 1. The molecule has 2 aliphatic rings. The van der Waals surface area contributed by atoms with Crippen molar-refractivity contribution in [2.75, 3.05) is 6.54 Å². The lowest BCUT2D eigenvalue weighted by Gasteiger charge is -2.30. The summed E-state index contributed by atoms with van der Waals surface area (Å²) in [7, 11) is 0. The Hall–Kier alpha value is -4.10. The Morgan fingerprint density at radius 3 is 2.42 bits per heavy atom. The summed E-state index contributed by atoms with van der Waals surface area (Å²) >= 11 is 0. The molecule has 1 amide bonds. The van der Waals surface area contributed by atoms with Crippen molar-refractivity contribution in [2.45, 2.75) is 83.3 Å². The van der Waals surface area contributed by atoms with Gasteiger partial charge in [-0.3, -0.25) is 14.6 Å². The van der Waals surface area contributed by atoms with Crippen LogP contribution in [0.1, 0.15) is 98.8 Å². The summed E-state index contributed by atoms with van der Waals surface area (Å²) in [4.78, 5) is 40.8. The number of nitrogens with one attached hydrogen (secondary N) is 1. The smallest absolute Gasteiger partial charge is 0.256 e. The average molecular weight is 577 g/mol. The first-order valence-electron chi connectivity index (χ1n) is 15.2. The largest absolute Gasteiger partial charge is 0.378 e. The van der Waals surface area contributed by atoms with E-state index in [1.165, 1.54) is 11.1 Å². The van der Waals surface area contributed by atoms with Crippen molar-refractivity contribution in [3.8, 4) is 11.1 Å². The number of aromatic nitrogens is 3. The first-order chi connectivity index (χ1) is 20.5. The highest BCUT2D eigenvalue weighted by Crippen LogP contribution is 2.52. The van der Waals surface area contributed by atoms with Crippen LogP contribution in [0.4, 0.5) is 0 Å². The van der Waals surface area contributed by atoms with Gasteiger partial charge in [-0.15, -0.1) is 0 Å². The number of benzene rings is 2. The molecule has 2 aromatic carbocycles. The molecule has 0 saturated heterocycles. The molecule has 7 nitrogen and oxygen atoms in total. The number of fused-ring (bicyclic) bond motifs is 1. The van der Waals surface area contributed by atoms with E-state index in [-0.39, 0.29) is 22.9 Å². The monoisotopic (exact) mass is 576 g/mol. The van der Waals surface area contributed by atoms with E-state index in [0.29, 0.717) is 35.8 Å². The highest BCUT2D eigenvalue weighted by Gasteiger charge is 2.49. The van der Waals surface area contributed by atoms with Crippen molar-refractivity contribution in [1.29, 1.82) is 0 Å². The molecule has 0 spiro atoms. The molecule has 0 radical (unpaired) electrons. The van der Waals surface area contributed by atoms with Gasteiger partial charge in [0.2, 0.25) is 0 Å². The predicted molar refractivity (Wildman–Crippen MR) is 168 cm³/mol. The summed E-state index contributed by atoms with van der Waals surface area (Å²) in [5, 5.41) is 11.1. The molecule has 1 aliphatic heterocycles. The minimum absolute atomic E-state index is 0.0606. The fourth-order valence-corrected chi connectivity index (χ4v) is 6.03. The van der Waals surface area contributed by atoms with Crippen LogP contribution < -0.4 is 5.56 Å². The topological polar surface area (TPSA) is 99.2 Å². The van der Waals surface area contributed by atoms with E-state index in [2.05, 4.69) is 74.9 Å². The summed E-state index contributed by atoms with van der Waals surface area (Å²) < 4.78 is 0. The van der Waals surface area contributed by atoms with Crippen LogP contribution in [0.15, 0.2) is 71.8 Å². The molecule has 3 heterocycles. The Morgan fingerprint density at radius 1 is 1.00 bits per heavy atom. The first kappa shape index (κ1) is 29.0. The zero-order valence-electron chi connectivity index (χ0n) is 25.6. The first-order valence-corrected chi connectivity index (χ1v) is 15.2. The number of hydrogen-bond donors (Lipinski definition) is 2. The molecule has 1 saturated carbocycles. The molecule has 43 heavy (non-hydrogen) atoms. The van der Waals surface area contributed by atoms with E-state index in [0.717, 1.165) is 35.2 Å². The predicted octanol–water partition coefficient (Wildman–Crippen LogP) is 5.95. The maximum atomic E-state index is 13.5. The fourth-order valence-electron chi connectivity index (χ4n) is 6.03. The van der Waals surface area contributed by atoms with Gasteiger partial charge in [0.1, 0.15) is 5.82 Å². The third kappa shape index (κ3) is 5.54. The van der Waals surface area contributed by atoms with E-state index in [1.54, 1.807) is 11.0 Å². The van der Waals surface area contributed by atoms with Crippen LogP contribution in [0.5, 0.6) is 0 Å². The second-order valence-corrected chi connectivity index (χ2v) is 13.4. The van der Waals surface area contributed by atoms with Gasteiger partial charge in [-0.25, -0.2) is 4.98 Å². The maximum Gasteiger partial charge on any atom is 0.256 e. The van der Waals surface area contributed by atoms with Crippen LogP contribution in [0, 0.1) is 0 Å². The van der Waals surface area contributed by atoms with Crippen LogP contribution >= 0.6 is 0 Å². The molecule has 222 valence electrons. The van der Waals surface area contributed by atoms with Gasteiger partial charge in [0.15, 0.2) is 6.10 Å². The van der Waals surface area contributed by atoms with Crippen LogP contribution in [0.25, 0.3) is 11.1 Å². The van der Waals surface area contributed by atoms with Crippen molar-refractivity contribution in [1.82, 2.24) is 19.9 Å². The third-order valence-electron chi connectivity index (χ3n) is 9.08. The second-order valence-electron chi connectivity index (χ2n) is 13.4. The molecule has 4 aromatic rings. The fraction of sp³-hybridized carbons (Fsp3) is 0.389. The minimum atomic E-state index is -1.32. The van der Waals surface area contributed by atoms with E-state index in [4.69, 9.17) is 4.98 Å². The quantitative estimate of drug-likeness (QED) is 0.296. The molecule has 0 unspecified atom stereocenters. The standard InChI is InChI=1S/C36H40N4O3/c1-22(2)26-18-28(20-37-19-26)36(14-15-36)34-38-30-13-16-40(21-29(30)32(42)39-34)33(43)31(41)25-8-6-7-24(17-25)23-9-11-27(12-10-23)35(3,4)5/h6-12,17-20,22,31,41H,13-16,21H2,1-5H3,(H,38,39,42)/t31-/m1/s1. The summed E-state index contributed by atoms with van der Waals surface area (Å²) in [5.41, 5.74) is 6.75. The molecule has 6 rings (SSSR count). The number of hydrogen-bond acceptors (Lipinski definition) is 5. The van der Waals surface area contributed by atoms with E-state index >= 15 is 0 Å². The van der Waals surface area contributed by atoms with Gasteiger partial charge in [0, 0.05) is 25.4 Å². The minimum Gasteiger partial charge on any atom is -0.378 e. The number of nitrogens with zero attached hydrogens (tertiary/aromatic N) is 3. The van der Waals surface area contributed by atoms with Gasteiger partial charge in [-0.2, -0.15) is 0 Å². The number of amides is 1. The Kier molecular flexibility index (Phi) is 7.33. The molecular weight excluding hydrogens is 536 g/mol. The highest BCUT2D eigenvalue weighted by molar-refractivity contribution is 5.83. The van der Waals surface area contributed by atoms with Crippen LogP contribution in [-0.2, 0) is 28.6 Å². The molecule has 1 atom stereocenters. The number of H-pyrrole nitrogens is 1. The second kappa shape index (κ2) is 10.9. The number of carbonyl (C=O) groups is 1. The molecule has 1 aliphatic carbocycles. The lowest BCUT2D eigenvalue weighted by molar-refractivity contribution is -0.141. The van der Waals surface area contributed by atoms with Gasteiger partial charge >= 0.3 is 0 Å². The van der Waals surface area contributed by atoms with Crippen LogP contribution in [0.3, 0.4) is 0 Å². The molecular formula is C36H40N4O3. The van der Waals surface area contributed by atoms with Gasteiger partial charge < -0.3 is 15.0 Å². The SMILES string of the molecule is CC(C)c1cncc(C2(c3nc4c(c(=O)[nH]3)CN(C(=O)[C@H](O)c3cccc(-c5ccc(C(C)(C)C)cc5)c3)CC4)CC2)c1. The van der Waals surface area contributed by atoms with Crippen molar-refractivity contribution >= 4 is 5.91 Å². The lowest BCUT2D eigenvalue weighted by atomic mass is 9.86. The van der Waals surface area contributed by atoms with Crippen molar-refractivity contribution in [3.63, 3.8) is 0 Å². The number of carbonyl (C=O) groups excluding carboxylic acids is 1. The molecule has 7 heteroatoms. The van der Waals surface area contributed by atoms with E-state index < -0.39 is 12.0 Å². The highest BCUT2D eigenvalue weighted by atomic mass is 16.3. The Morgan fingerprint density at radius 2 is 1.74 bits per heavy atom. The van der Waals surface area contributed by atoms with Gasteiger partial charge in [0.05, 0.1) is 23.2 Å². The Balaban J connectivity index is 1.20. The molecule has 2 aromatic heterocycles. The molecule has 0 bridgehead atoms. The zero-order valence-corrected chi connectivity index (χ0v) is 25.6. The van der Waals surface area contributed by atoms with E-state index in [1.807, 2.05) is 30.6 Å². The number of aromatic amines is 1. The summed E-state index contributed by atoms with van der Waals surface area (Å²) in [6.45, 7) is 11.3. The summed E-state index contributed by atoms with van der Waals surface area (Å²) in [5.74, 6) is 0.635. The van der Waals surface area contributed by atoms with Gasteiger partial charge in [-0.1, -0.05) is 83.1 Å². The van der Waals surface area contributed by atoms with Crippen molar-refractivity contribution < 1.29 is 9.90 Å². The number of aliphatic hydroxyl groups excluding tert-OH is 1. The average Bonchev–Trinajstić information content (AvgIpc) is 3.82. The third-order valence-corrected chi connectivity index (χ3v) is 9.08. The van der Waals surface area contributed by atoms with Crippen molar-refractivity contribution in [3.05, 3.63) is 117 Å². The lowest BCUT2D eigenvalue weighted by Crippen LogP contribution is -2.42. The van der Waals surface area contributed by atoms with Crippen LogP contribution in [-0.4, -0.2) is 37.4 Å². The van der Waals surface area contributed by atoms with E-state index in [9.17, 15) is 14.7 Å². The Labute approximate surface area is 253 Å². The Bertz CT molecular complexity index is 1730. The maximum absolute atomic E-state index is 13.5. The van der Waals surface area contributed by atoms with Crippen molar-refractivity contribution in [2.24, 2.45) is 0 Å². The molecule has 2 N–H and O–H groups in total. The van der Waals surface area contributed by atoms with Gasteiger partial charge in [0.25, 0.3) is 11.5 Å². The zero-order chi connectivity index (χ0) is 30.5. The van der Waals surface area contributed by atoms with Crippen LogP contribution in [0.2, 0.25) is 0 Å². The van der Waals surface area contributed by atoms with Gasteiger partial charge in [-0.05, 0) is 63.6 Å². The number of rotatable bonds is 6. The normalized spacial score (nSPS) is 16.6.